The lowest BCUT2D eigenvalue weighted by Gasteiger charge is -2.17. The van der Waals surface area contributed by atoms with Crippen LogP contribution in [0.3, 0.4) is 0 Å². The van der Waals surface area contributed by atoms with Crippen LogP contribution in [0.4, 0.5) is 0 Å². The van der Waals surface area contributed by atoms with Gasteiger partial charge in [-0.15, -0.1) is 0 Å². The Morgan fingerprint density at radius 3 is 1.65 bits per heavy atom. The van der Waals surface area contributed by atoms with E-state index in [-0.39, 0.29) is 10.8 Å². The van der Waals surface area contributed by atoms with E-state index in [0.717, 1.165) is 0 Å². The van der Waals surface area contributed by atoms with E-state index in [1.807, 2.05) is 0 Å². The zero-order valence-corrected chi connectivity index (χ0v) is 18.4. The quantitative estimate of drug-likeness (QED) is 0.219. The number of fused-ring (bicyclic) bond motifs is 7. The van der Waals surface area contributed by atoms with Crippen molar-refractivity contribution in [1.29, 1.82) is 0 Å². The Morgan fingerprint density at radius 1 is 0.405 bits per heavy atom. The molecule has 1 heteroatoms. The molecule has 0 N–H and O–H groups in total. The van der Waals surface area contributed by atoms with E-state index >= 15 is 0 Å². The summed E-state index contributed by atoms with van der Waals surface area (Å²) in [5.41, 5.74) is -3.62. The molecule has 37 heavy (non-hydrogen) atoms. The Labute approximate surface area is 245 Å². The molecule has 7 aromatic carbocycles. The van der Waals surface area contributed by atoms with Crippen molar-refractivity contribution in [3.8, 4) is 22.3 Å². The molecule has 0 aliphatic heterocycles. The van der Waals surface area contributed by atoms with Crippen LogP contribution in [0, 0.1) is 0 Å². The molecule has 0 aliphatic rings. The van der Waals surface area contributed by atoms with Gasteiger partial charge in [-0.2, -0.15) is 0 Å². The third-order valence-corrected chi connectivity index (χ3v) is 6.07. The maximum absolute atomic E-state index is 9.54. The lowest BCUT2D eigenvalue weighted by Crippen LogP contribution is -1.90. The van der Waals surface area contributed by atoms with Crippen molar-refractivity contribution in [2.24, 2.45) is 0 Å². The molecule has 0 spiro atoms. The van der Waals surface area contributed by atoms with E-state index in [4.69, 9.17) is 27.7 Å². The van der Waals surface area contributed by atoms with Crippen molar-refractivity contribution in [3.63, 3.8) is 0 Å². The monoisotopic (exact) mass is 492 g/mol. The summed E-state index contributed by atoms with van der Waals surface area (Å²) in [6.07, 6.45) is 0. The summed E-state index contributed by atoms with van der Waals surface area (Å²) in [7, 11) is 0. The van der Waals surface area contributed by atoms with Gasteiger partial charge in [-0.3, -0.25) is 0 Å². The molecule has 172 valence electrons. The first-order valence-electron chi connectivity index (χ1n) is 21.9. The highest BCUT2D eigenvalue weighted by Crippen LogP contribution is 2.45. The minimum Gasteiger partial charge on any atom is -0.456 e. The highest BCUT2D eigenvalue weighted by molar-refractivity contribution is 6.23. The van der Waals surface area contributed by atoms with Gasteiger partial charge in [0.1, 0.15) is 11.2 Å². The molecule has 0 bridgehead atoms. The molecule has 0 saturated carbocycles. The fourth-order valence-electron chi connectivity index (χ4n) is 4.57. The van der Waals surface area contributed by atoms with E-state index in [2.05, 4.69) is 0 Å². The van der Waals surface area contributed by atoms with E-state index in [0.29, 0.717) is 0 Å². The largest absolute Gasteiger partial charge is 0.456 e. The van der Waals surface area contributed by atoms with Gasteiger partial charge in [0.2, 0.25) is 0 Å². The summed E-state index contributed by atoms with van der Waals surface area (Å²) in [6, 6.07) is -18.1. The van der Waals surface area contributed by atoms with Gasteiger partial charge >= 0.3 is 0 Å². The average Bonchev–Trinajstić information content (AvgIpc) is 3.61. The van der Waals surface area contributed by atoms with Gasteiger partial charge in [-0.05, 0) is 72.7 Å². The molecule has 0 aliphatic carbocycles. The van der Waals surface area contributed by atoms with Crippen molar-refractivity contribution in [1.82, 2.24) is 0 Å². The van der Waals surface area contributed by atoms with Gasteiger partial charge in [-0.1, -0.05) is 115 Å². The van der Waals surface area contributed by atoms with Crippen LogP contribution in [-0.4, -0.2) is 0 Å². The van der Waals surface area contributed by atoms with Gasteiger partial charge in [0, 0.05) is 10.8 Å². The molecular formula is C36H22O. The number of furan rings is 1. The van der Waals surface area contributed by atoms with Crippen molar-refractivity contribution in [3.05, 3.63) is 133 Å². The molecule has 0 amide bonds. The summed E-state index contributed by atoms with van der Waals surface area (Å²) < 4.78 is 199. The Morgan fingerprint density at radius 2 is 0.973 bits per heavy atom. The molecule has 1 nitrogen and oxygen atoms in total. The summed E-state index contributed by atoms with van der Waals surface area (Å²) >= 11 is 0. The zero-order valence-electron chi connectivity index (χ0n) is 40.4. The Balaban J connectivity index is 1.73. The maximum Gasteiger partial charge on any atom is 0.136 e. The molecule has 0 unspecified atom stereocenters. The minimum atomic E-state index is -0.896. The third-order valence-electron chi connectivity index (χ3n) is 6.07. The molecule has 0 saturated heterocycles. The second kappa shape index (κ2) is 7.81. The van der Waals surface area contributed by atoms with Crippen LogP contribution < -0.4 is 0 Å². The van der Waals surface area contributed by atoms with Gasteiger partial charge in [0.05, 0.1) is 30.2 Å². The second-order valence-electron chi connectivity index (χ2n) is 8.01. The molecule has 1 aromatic heterocycles. The number of hydrogen-bond donors (Lipinski definition) is 0. The van der Waals surface area contributed by atoms with E-state index < -0.39 is 199 Å². The fraction of sp³-hybridized carbons (Fsp3) is 0. The highest BCUT2D eigenvalue weighted by atomic mass is 16.3. The summed E-state index contributed by atoms with van der Waals surface area (Å²) in [4.78, 5) is 0. The first kappa shape index (κ1) is 8.33. The van der Waals surface area contributed by atoms with Crippen LogP contribution in [0.2, 0.25) is 0 Å². The Hall–Kier alpha value is -4.88. The summed E-state index contributed by atoms with van der Waals surface area (Å²) in [6.45, 7) is 0. The maximum atomic E-state index is 9.54. The molecule has 1 heterocycles. The number of hydrogen-bond acceptors (Lipinski definition) is 1. The van der Waals surface area contributed by atoms with E-state index in [1.165, 1.54) is 0 Å². The normalized spacial score (nSPS) is 20.1. The number of benzene rings is 7. The summed E-state index contributed by atoms with van der Waals surface area (Å²) in [5, 5.41) is -3.86. The van der Waals surface area contributed by atoms with Gasteiger partial charge in [0.15, 0.2) is 0 Å². The minimum absolute atomic E-state index is 0.295. The fourth-order valence-corrected chi connectivity index (χ4v) is 4.57. The molecule has 8 rings (SSSR count). The van der Waals surface area contributed by atoms with Crippen LogP contribution in [0.5, 0.6) is 0 Å². The van der Waals surface area contributed by atoms with Crippen LogP contribution in [-0.2, 0) is 0 Å². The first-order valence-corrected chi connectivity index (χ1v) is 10.9. The number of rotatable bonds is 2. The third kappa shape index (κ3) is 2.98. The van der Waals surface area contributed by atoms with Crippen LogP contribution in [0.25, 0.3) is 76.5 Å². The van der Waals surface area contributed by atoms with Crippen molar-refractivity contribution >= 4 is 54.3 Å². The second-order valence-corrected chi connectivity index (χ2v) is 8.01. The van der Waals surface area contributed by atoms with Crippen LogP contribution >= 0.6 is 0 Å². The SMILES string of the molecule is [2H]c1c([2H])c([2H])c(-c2c3c([2H])c([2H])c([2H])c([2H])c3c(-c3c([2H])c([2H])c4c(oc5c([2H])c([2H])c6c([2H])c([2H])c([2H])c([2H])c6c54)c3[2H])c3c([2H])c([2H])c([2H])c([2H])c23)c([2H])c1[2H]. The standard InChI is InChI=1S/C36H22O/c1-2-11-24(12-3-1)34-27-14-6-8-16-29(27)35(30-17-9-7-15-28(30)34)25-18-20-31-33(22-25)37-32-21-19-23-10-4-5-13-26(23)36(31)32/h1-22H/i1D,2D,3D,4D,5D,6D,7D,8D,9D,10D,11D,12D,13D,14D,15D,16D,17D,18D,19D,20D,21D,22D. The predicted octanol–water partition coefficient (Wildman–Crippen LogP) is 10.4. The lowest BCUT2D eigenvalue weighted by atomic mass is 9.86. The van der Waals surface area contributed by atoms with Crippen LogP contribution in [0.15, 0.2) is 137 Å². The van der Waals surface area contributed by atoms with Crippen LogP contribution in [0.1, 0.15) is 30.2 Å². The average molecular weight is 493 g/mol. The van der Waals surface area contributed by atoms with Crippen molar-refractivity contribution in [2.45, 2.75) is 0 Å². The predicted molar refractivity (Wildman–Crippen MR) is 157 cm³/mol. The van der Waals surface area contributed by atoms with Gasteiger partial charge in [0.25, 0.3) is 0 Å². The molecule has 8 aromatic rings. The van der Waals surface area contributed by atoms with E-state index in [1.54, 1.807) is 0 Å². The molecule has 0 radical (unpaired) electrons. The Bertz CT molecular complexity index is 3240. The van der Waals surface area contributed by atoms with E-state index in [9.17, 15) is 6.85 Å². The van der Waals surface area contributed by atoms with Gasteiger partial charge < -0.3 is 4.42 Å². The molecule has 0 fully saturated rings. The Kier molecular flexibility index (Phi) is 1.76. The first-order chi connectivity index (χ1) is 27.5. The molecular weight excluding hydrogens is 448 g/mol. The smallest absolute Gasteiger partial charge is 0.136 e. The van der Waals surface area contributed by atoms with Crippen molar-refractivity contribution < 1.29 is 34.6 Å². The highest BCUT2D eigenvalue weighted by Gasteiger charge is 2.18. The zero-order chi connectivity index (χ0) is 43.5. The molecule has 0 atom stereocenters. The van der Waals surface area contributed by atoms with Crippen molar-refractivity contribution in [2.75, 3.05) is 0 Å². The summed E-state index contributed by atoms with van der Waals surface area (Å²) in [5.74, 6) is 0. The lowest BCUT2D eigenvalue weighted by molar-refractivity contribution is 0.669. The topological polar surface area (TPSA) is 13.1 Å². The van der Waals surface area contributed by atoms with Gasteiger partial charge in [-0.25, -0.2) is 0 Å².